The zero-order valence-corrected chi connectivity index (χ0v) is 14.2. The van der Waals surface area contributed by atoms with Crippen LogP contribution in [0, 0.1) is 6.92 Å². The highest BCUT2D eigenvalue weighted by Gasteiger charge is 2.09. The second-order valence-electron chi connectivity index (χ2n) is 5.59. The van der Waals surface area contributed by atoms with E-state index in [-0.39, 0.29) is 5.78 Å². The van der Waals surface area contributed by atoms with Crippen molar-refractivity contribution in [1.82, 2.24) is 4.90 Å². The number of aryl methyl sites for hydroxylation is 1. The number of benzene rings is 2. The van der Waals surface area contributed by atoms with Gasteiger partial charge in [0.05, 0.1) is 0 Å². The van der Waals surface area contributed by atoms with Crippen molar-refractivity contribution in [3.8, 4) is 5.75 Å². The molecule has 0 aliphatic heterocycles. The van der Waals surface area contributed by atoms with Gasteiger partial charge in [0.2, 0.25) is 0 Å². The maximum absolute atomic E-state index is 12.4. The van der Waals surface area contributed by atoms with Crippen LogP contribution in [0.5, 0.6) is 5.75 Å². The van der Waals surface area contributed by atoms with E-state index >= 15 is 0 Å². The number of ketones is 1. The minimum atomic E-state index is 0.0414. The summed E-state index contributed by atoms with van der Waals surface area (Å²) in [4.78, 5) is 14.7. The molecule has 0 saturated carbocycles. The first-order valence-corrected chi connectivity index (χ1v) is 8.20. The molecular weight excluding hydrogens is 286 g/mol. The molecule has 2 rings (SSSR count). The average molecular weight is 311 g/mol. The molecule has 0 radical (unpaired) electrons. The Bertz CT molecular complexity index is 613. The fourth-order valence-electron chi connectivity index (χ4n) is 2.41. The number of rotatable bonds is 8. The number of hydrogen-bond donors (Lipinski definition) is 0. The van der Waals surface area contributed by atoms with Gasteiger partial charge in [-0.3, -0.25) is 4.79 Å². The van der Waals surface area contributed by atoms with E-state index in [4.69, 9.17) is 4.74 Å². The lowest BCUT2D eigenvalue weighted by Gasteiger charge is -2.18. The topological polar surface area (TPSA) is 29.5 Å². The average Bonchev–Trinajstić information content (AvgIpc) is 2.59. The predicted molar refractivity (Wildman–Crippen MR) is 94.3 cm³/mol. The summed E-state index contributed by atoms with van der Waals surface area (Å²) >= 11 is 0. The number of nitrogens with zero attached hydrogens (tertiary/aromatic N) is 1. The highest BCUT2D eigenvalue weighted by molar-refractivity contribution is 6.09. The van der Waals surface area contributed by atoms with E-state index in [0.717, 1.165) is 30.9 Å². The van der Waals surface area contributed by atoms with E-state index in [1.807, 2.05) is 55.5 Å². The normalized spacial score (nSPS) is 10.8. The van der Waals surface area contributed by atoms with Crippen LogP contribution in [0.2, 0.25) is 0 Å². The van der Waals surface area contributed by atoms with Gasteiger partial charge >= 0.3 is 0 Å². The Balaban J connectivity index is 1.93. The minimum Gasteiger partial charge on any atom is -0.492 e. The molecule has 0 saturated heterocycles. The SMILES string of the molecule is CCN(CC)CCOc1ccc(C(=O)c2ccc(C)cc2)cc1. The Hall–Kier alpha value is -2.13. The Kier molecular flexibility index (Phi) is 6.36. The van der Waals surface area contributed by atoms with Crippen LogP contribution in [0.3, 0.4) is 0 Å². The van der Waals surface area contributed by atoms with Gasteiger partial charge < -0.3 is 9.64 Å². The van der Waals surface area contributed by atoms with Gasteiger partial charge in [-0.1, -0.05) is 43.7 Å². The number of ether oxygens (including phenoxy) is 1. The quantitative estimate of drug-likeness (QED) is 0.691. The smallest absolute Gasteiger partial charge is 0.193 e. The van der Waals surface area contributed by atoms with Gasteiger partial charge in [0.15, 0.2) is 5.78 Å². The zero-order valence-electron chi connectivity index (χ0n) is 14.2. The molecule has 0 unspecified atom stereocenters. The molecule has 3 nitrogen and oxygen atoms in total. The van der Waals surface area contributed by atoms with Crippen molar-refractivity contribution in [3.05, 3.63) is 65.2 Å². The molecule has 0 spiro atoms. The maximum atomic E-state index is 12.4. The Morgan fingerprint density at radius 1 is 0.913 bits per heavy atom. The summed E-state index contributed by atoms with van der Waals surface area (Å²) in [7, 11) is 0. The van der Waals surface area contributed by atoms with Gasteiger partial charge in [-0.15, -0.1) is 0 Å². The molecular formula is C20H25NO2. The fourth-order valence-corrected chi connectivity index (χ4v) is 2.41. The highest BCUT2D eigenvalue weighted by atomic mass is 16.5. The van der Waals surface area contributed by atoms with Crippen LogP contribution in [0.1, 0.15) is 35.3 Å². The van der Waals surface area contributed by atoms with Crippen molar-refractivity contribution in [2.75, 3.05) is 26.2 Å². The number of carbonyl (C=O) groups excluding carboxylic acids is 1. The van der Waals surface area contributed by atoms with E-state index in [1.54, 1.807) is 0 Å². The summed E-state index contributed by atoms with van der Waals surface area (Å²) in [5.74, 6) is 0.845. The largest absolute Gasteiger partial charge is 0.492 e. The summed E-state index contributed by atoms with van der Waals surface area (Å²) in [5, 5.41) is 0. The third-order valence-electron chi connectivity index (χ3n) is 4.00. The minimum absolute atomic E-state index is 0.0414. The van der Waals surface area contributed by atoms with Crippen molar-refractivity contribution < 1.29 is 9.53 Å². The molecule has 0 aliphatic carbocycles. The molecule has 23 heavy (non-hydrogen) atoms. The monoisotopic (exact) mass is 311 g/mol. The van der Waals surface area contributed by atoms with E-state index in [2.05, 4.69) is 18.7 Å². The Labute approximate surface area is 138 Å². The second-order valence-corrected chi connectivity index (χ2v) is 5.59. The van der Waals surface area contributed by atoms with Crippen LogP contribution < -0.4 is 4.74 Å². The lowest BCUT2D eigenvalue weighted by atomic mass is 10.0. The van der Waals surface area contributed by atoms with Crippen molar-refractivity contribution in [3.63, 3.8) is 0 Å². The standard InChI is InChI=1S/C20H25NO2/c1-4-21(5-2)14-15-23-19-12-10-18(11-13-19)20(22)17-8-6-16(3)7-9-17/h6-13H,4-5,14-15H2,1-3H3. The molecule has 3 heteroatoms. The third-order valence-corrected chi connectivity index (χ3v) is 4.00. The van der Waals surface area contributed by atoms with Crippen LogP contribution in [0.15, 0.2) is 48.5 Å². The Morgan fingerprint density at radius 2 is 1.43 bits per heavy atom. The van der Waals surface area contributed by atoms with Gasteiger partial charge in [-0.25, -0.2) is 0 Å². The van der Waals surface area contributed by atoms with Crippen molar-refractivity contribution in [1.29, 1.82) is 0 Å². The molecule has 0 fully saturated rings. The summed E-state index contributed by atoms with van der Waals surface area (Å²) in [6.07, 6.45) is 0. The van der Waals surface area contributed by atoms with Crippen LogP contribution in [-0.2, 0) is 0 Å². The van der Waals surface area contributed by atoms with Gasteiger partial charge in [0, 0.05) is 17.7 Å². The first kappa shape index (κ1) is 17.2. The van der Waals surface area contributed by atoms with Gasteiger partial charge in [0.1, 0.15) is 12.4 Å². The van der Waals surface area contributed by atoms with Crippen LogP contribution in [-0.4, -0.2) is 36.9 Å². The predicted octanol–water partition coefficient (Wildman–Crippen LogP) is 3.95. The number of likely N-dealkylation sites (N-methyl/N-ethyl adjacent to an activating group) is 1. The van der Waals surface area contributed by atoms with E-state index < -0.39 is 0 Å². The number of carbonyl (C=O) groups is 1. The van der Waals surface area contributed by atoms with E-state index in [1.165, 1.54) is 0 Å². The third kappa shape index (κ3) is 4.93. The van der Waals surface area contributed by atoms with Crippen LogP contribution >= 0.6 is 0 Å². The summed E-state index contributed by atoms with van der Waals surface area (Å²) in [6, 6.07) is 15.0. The highest BCUT2D eigenvalue weighted by Crippen LogP contribution is 2.16. The van der Waals surface area contributed by atoms with Crippen molar-refractivity contribution in [2.24, 2.45) is 0 Å². The first-order chi connectivity index (χ1) is 11.1. The van der Waals surface area contributed by atoms with Gasteiger partial charge in [0.25, 0.3) is 0 Å². The van der Waals surface area contributed by atoms with Gasteiger partial charge in [-0.2, -0.15) is 0 Å². The van der Waals surface area contributed by atoms with Crippen molar-refractivity contribution in [2.45, 2.75) is 20.8 Å². The molecule has 0 N–H and O–H groups in total. The molecule has 2 aromatic rings. The molecule has 0 bridgehead atoms. The molecule has 0 heterocycles. The molecule has 122 valence electrons. The van der Waals surface area contributed by atoms with Crippen LogP contribution in [0.4, 0.5) is 0 Å². The fraction of sp³-hybridized carbons (Fsp3) is 0.350. The molecule has 0 atom stereocenters. The van der Waals surface area contributed by atoms with Gasteiger partial charge in [-0.05, 0) is 44.3 Å². The van der Waals surface area contributed by atoms with E-state index in [0.29, 0.717) is 17.7 Å². The maximum Gasteiger partial charge on any atom is 0.193 e. The first-order valence-electron chi connectivity index (χ1n) is 8.20. The van der Waals surface area contributed by atoms with E-state index in [9.17, 15) is 4.79 Å². The Morgan fingerprint density at radius 3 is 1.96 bits per heavy atom. The lowest BCUT2D eigenvalue weighted by Crippen LogP contribution is -2.27. The zero-order chi connectivity index (χ0) is 16.7. The summed E-state index contributed by atoms with van der Waals surface area (Å²) in [5.41, 5.74) is 2.55. The molecule has 2 aromatic carbocycles. The molecule has 0 aliphatic rings. The second kappa shape index (κ2) is 8.49. The number of hydrogen-bond acceptors (Lipinski definition) is 3. The summed E-state index contributed by atoms with van der Waals surface area (Å²) in [6.45, 7) is 9.94. The molecule has 0 amide bonds. The van der Waals surface area contributed by atoms with Crippen LogP contribution in [0.25, 0.3) is 0 Å². The summed E-state index contributed by atoms with van der Waals surface area (Å²) < 4.78 is 5.74. The van der Waals surface area contributed by atoms with Crippen molar-refractivity contribution >= 4 is 5.78 Å². The molecule has 0 aromatic heterocycles. The lowest BCUT2D eigenvalue weighted by molar-refractivity contribution is 0.103.